The van der Waals surface area contributed by atoms with Gasteiger partial charge >= 0.3 is 0 Å². The summed E-state index contributed by atoms with van der Waals surface area (Å²) in [5, 5.41) is 8.13. The van der Waals surface area contributed by atoms with Crippen LogP contribution in [0.1, 0.15) is 51.4 Å². The van der Waals surface area contributed by atoms with Crippen LogP contribution in [0.2, 0.25) is 0 Å². The summed E-state index contributed by atoms with van der Waals surface area (Å²) in [6.45, 7) is 8.78. The van der Waals surface area contributed by atoms with Crippen molar-refractivity contribution in [3.05, 3.63) is 16.4 Å². The molecule has 0 amide bonds. The molecule has 1 saturated heterocycles. The molecular weight excluding hydrogens is 334 g/mol. The van der Waals surface area contributed by atoms with E-state index in [4.69, 9.17) is 9.47 Å². The van der Waals surface area contributed by atoms with Crippen LogP contribution in [0.25, 0.3) is 0 Å². The highest BCUT2D eigenvalue weighted by atomic mass is 79.9. The maximum atomic E-state index is 6.00. The third kappa shape index (κ3) is 3.33. The Morgan fingerprint density at radius 2 is 2.14 bits per heavy atom. The summed E-state index contributed by atoms with van der Waals surface area (Å²) in [5.41, 5.74) is 0.916. The lowest BCUT2D eigenvalue weighted by atomic mass is 9.84. The second kappa shape index (κ2) is 7.22. The number of halogens is 1. The maximum Gasteiger partial charge on any atom is 0.0931 e. The highest BCUT2D eigenvalue weighted by molar-refractivity contribution is 9.10. The molecule has 0 aromatic carbocycles. The zero-order valence-electron chi connectivity index (χ0n) is 13.4. The Balaban J connectivity index is 2.45. The Labute approximate surface area is 135 Å². The van der Waals surface area contributed by atoms with Gasteiger partial charge < -0.3 is 14.8 Å². The van der Waals surface area contributed by atoms with Gasteiger partial charge in [0.2, 0.25) is 0 Å². The van der Waals surface area contributed by atoms with E-state index in [0.717, 1.165) is 42.8 Å². The average Bonchev–Trinajstić information content (AvgIpc) is 2.87. The molecule has 2 rings (SSSR count). The lowest BCUT2D eigenvalue weighted by Gasteiger charge is -2.43. The molecule has 1 fully saturated rings. The second-order valence-corrected chi connectivity index (χ2v) is 6.64. The molecule has 1 N–H and O–H groups in total. The van der Waals surface area contributed by atoms with Gasteiger partial charge in [0.05, 0.1) is 28.0 Å². The van der Waals surface area contributed by atoms with Gasteiger partial charge in [-0.1, -0.05) is 6.92 Å². The highest BCUT2D eigenvalue weighted by Crippen LogP contribution is 2.40. The van der Waals surface area contributed by atoms with Crippen molar-refractivity contribution in [2.75, 3.05) is 26.9 Å². The fourth-order valence-electron chi connectivity index (χ4n) is 3.10. The number of likely N-dealkylation sites (N-methyl/N-ethyl adjacent to an activating group) is 1. The minimum atomic E-state index is -0.247. The number of nitrogens with zero attached hydrogens (tertiary/aromatic N) is 2. The standard InChI is InChI=1S/C15H26BrN3O2/c1-5-17-14(15(20-4)6-8-21-9-7-15)13-12(16)10-18-19(13)11(2)3/h10-11,14,17H,5-9H2,1-4H3. The molecule has 1 aromatic rings. The van der Waals surface area contributed by atoms with Gasteiger partial charge in [0.15, 0.2) is 0 Å². The van der Waals surface area contributed by atoms with Crippen molar-refractivity contribution in [3.63, 3.8) is 0 Å². The van der Waals surface area contributed by atoms with Gasteiger partial charge in [0.25, 0.3) is 0 Å². The van der Waals surface area contributed by atoms with Crippen molar-refractivity contribution in [2.24, 2.45) is 0 Å². The molecule has 0 aliphatic carbocycles. The minimum Gasteiger partial charge on any atom is -0.381 e. The molecule has 5 nitrogen and oxygen atoms in total. The van der Waals surface area contributed by atoms with E-state index in [0.29, 0.717) is 6.04 Å². The fraction of sp³-hybridized carbons (Fsp3) is 0.800. The predicted molar refractivity (Wildman–Crippen MR) is 86.5 cm³/mol. The van der Waals surface area contributed by atoms with E-state index >= 15 is 0 Å². The predicted octanol–water partition coefficient (Wildman–Crippen LogP) is 3.07. The fourth-order valence-corrected chi connectivity index (χ4v) is 3.60. The molecule has 1 unspecified atom stereocenters. The molecular formula is C15H26BrN3O2. The number of ether oxygens (including phenoxy) is 2. The molecule has 1 aromatic heterocycles. The number of hydrogen-bond donors (Lipinski definition) is 1. The summed E-state index contributed by atoms with van der Waals surface area (Å²) >= 11 is 3.67. The Hall–Kier alpha value is -0.430. The molecule has 2 heterocycles. The van der Waals surface area contributed by atoms with Gasteiger partial charge in [0, 0.05) is 39.2 Å². The third-order valence-electron chi connectivity index (χ3n) is 4.23. The number of aromatic nitrogens is 2. The van der Waals surface area contributed by atoms with Gasteiger partial charge in [-0.2, -0.15) is 5.10 Å². The van der Waals surface area contributed by atoms with E-state index in [9.17, 15) is 0 Å². The molecule has 1 aliphatic rings. The van der Waals surface area contributed by atoms with E-state index in [1.165, 1.54) is 0 Å². The van der Waals surface area contributed by atoms with Crippen molar-refractivity contribution in [1.82, 2.24) is 15.1 Å². The number of methoxy groups -OCH3 is 1. The first kappa shape index (κ1) is 16.9. The zero-order valence-corrected chi connectivity index (χ0v) is 14.9. The summed E-state index contributed by atoms with van der Waals surface area (Å²) in [5.74, 6) is 0. The average molecular weight is 360 g/mol. The largest absolute Gasteiger partial charge is 0.381 e. The van der Waals surface area contributed by atoms with Crippen molar-refractivity contribution in [2.45, 2.75) is 51.3 Å². The van der Waals surface area contributed by atoms with Gasteiger partial charge in [-0.3, -0.25) is 4.68 Å². The number of nitrogens with one attached hydrogen (secondary N) is 1. The first-order valence-corrected chi connectivity index (χ1v) is 8.44. The zero-order chi connectivity index (χ0) is 15.5. The van der Waals surface area contributed by atoms with Crippen molar-refractivity contribution >= 4 is 15.9 Å². The van der Waals surface area contributed by atoms with Gasteiger partial charge in [-0.05, 0) is 36.3 Å². The van der Waals surface area contributed by atoms with E-state index in [1.807, 2.05) is 6.20 Å². The summed E-state index contributed by atoms with van der Waals surface area (Å²) < 4.78 is 14.7. The van der Waals surface area contributed by atoms with Gasteiger partial charge in [-0.15, -0.1) is 0 Å². The Kier molecular flexibility index (Phi) is 5.82. The Morgan fingerprint density at radius 1 is 1.48 bits per heavy atom. The molecule has 0 saturated carbocycles. The third-order valence-corrected chi connectivity index (χ3v) is 4.84. The van der Waals surface area contributed by atoms with Crippen LogP contribution in [0, 0.1) is 0 Å². The Bertz CT molecular complexity index is 456. The highest BCUT2D eigenvalue weighted by Gasteiger charge is 2.43. The van der Waals surface area contributed by atoms with Crippen LogP contribution >= 0.6 is 15.9 Å². The molecule has 0 bridgehead atoms. The van der Waals surface area contributed by atoms with Crippen LogP contribution in [0.15, 0.2) is 10.7 Å². The summed E-state index contributed by atoms with van der Waals surface area (Å²) in [7, 11) is 1.81. The van der Waals surface area contributed by atoms with Crippen LogP contribution in [0.5, 0.6) is 0 Å². The van der Waals surface area contributed by atoms with Crippen molar-refractivity contribution in [1.29, 1.82) is 0 Å². The van der Waals surface area contributed by atoms with Crippen LogP contribution in [-0.4, -0.2) is 42.2 Å². The second-order valence-electron chi connectivity index (χ2n) is 5.79. The number of hydrogen-bond acceptors (Lipinski definition) is 4. The van der Waals surface area contributed by atoms with Crippen LogP contribution in [0.4, 0.5) is 0 Å². The quantitative estimate of drug-likeness (QED) is 0.847. The molecule has 120 valence electrons. The van der Waals surface area contributed by atoms with Gasteiger partial charge in [0.1, 0.15) is 0 Å². The van der Waals surface area contributed by atoms with E-state index in [2.05, 4.69) is 51.8 Å². The van der Waals surface area contributed by atoms with E-state index in [1.54, 1.807) is 7.11 Å². The maximum absolute atomic E-state index is 6.00. The van der Waals surface area contributed by atoms with Crippen molar-refractivity contribution in [3.8, 4) is 0 Å². The van der Waals surface area contributed by atoms with Gasteiger partial charge in [-0.25, -0.2) is 0 Å². The first-order chi connectivity index (χ1) is 10.1. The minimum absolute atomic E-state index is 0.0932. The monoisotopic (exact) mass is 359 g/mol. The molecule has 0 spiro atoms. The number of rotatable bonds is 6. The molecule has 1 aliphatic heterocycles. The van der Waals surface area contributed by atoms with Crippen LogP contribution < -0.4 is 5.32 Å². The smallest absolute Gasteiger partial charge is 0.0931 e. The summed E-state index contributed by atoms with van der Waals surface area (Å²) in [6.07, 6.45) is 3.65. The normalized spacial score (nSPS) is 19.9. The molecule has 0 radical (unpaired) electrons. The summed E-state index contributed by atoms with van der Waals surface area (Å²) in [4.78, 5) is 0. The molecule has 1 atom stereocenters. The Morgan fingerprint density at radius 3 is 2.67 bits per heavy atom. The van der Waals surface area contributed by atoms with Crippen LogP contribution in [-0.2, 0) is 9.47 Å². The van der Waals surface area contributed by atoms with Crippen LogP contribution in [0.3, 0.4) is 0 Å². The molecule has 6 heteroatoms. The first-order valence-electron chi connectivity index (χ1n) is 7.65. The van der Waals surface area contributed by atoms with E-state index in [-0.39, 0.29) is 11.6 Å². The van der Waals surface area contributed by atoms with Crippen molar-refractivity contribution < 1.29 is 9.47 Å². The molecule has 21 heavy (non-hydrogen) atoms. The lowest BCUT2D eigenvalue weighted by molar-refractivity contribution is -0.113. The lowest BCUT2D eigenvalue weighted by Crippen LogP contribution is -2.50. The van der Waals surface area contributed by atoms with E-state index < -0.39 is 0 Å². The topological polar surface area (TPSA) is 48.3 Å². The SMILES string of the molecule is CCNC(c1c(Br)cnn1C(C)C)C1(OC)CCOCC1. The summed E-state index contributed by atoms with van der Waals surface area (Å²) in [6, 6.07) is 0.400.